The van der Waals surface area contributed by atoms with Crippen molar-refractivity contribution < 1.29 is 19.5 Å². The summed E-state index contributed by atoms with van der Waals surface area (Å²) < 4.78 is 0. The molecule has 0 radical (unpaired) electrons. The Morgan fingerprint density at radius 2 is 1.72 bits per heavy atom. The smallest absolute Gasteiger partial charge is 0.322 e. The highest BCUT2D eigenvalue weighted by molar-refractivity contribution is 5.90. The van der Waals surface area contributed by atoms with E-state index in [0.717, 1.165) is 0 Å². The lowest BCUT2D eigenvalue weighted by atomic mass is 10.0. The number of carboxylic acids is 1. The minimum absolute atomic E-state index is 0.180. The Labute approximate surface area is 106 Å². The molecule has 0 aliphatic heterocycles. The summed E-state index contributed by atoms with van der Waals surface area (Å²) in [6.45, 7) is 4.84. The highest BCUT2D eigenvalue weighted by Gasteiger charge is 2.23. The second kappa shape index (κ2) is 7.65. The molecule has 0 aliphatic carbocycles. The molecule has 1 unspecified atom stereocenters. The van der Waals surface area contributed by atoms with E-state index in [0.29, 0.717) is 6.42 Å². The van der Waals surface area contributed by atoms with Gasteiger partial charge in [-0.25, -0.2) is 0 Å². The van der Waals surface area contributed by atoms with Crippen LogP contribution in [0, 0.1) is 5.92 Å². The van der Waals surface area contributed by atoms with Gasteiger partial charge in [-0.3, -0.25) is 14.4 Å². The predicted octanol–water partition coefficient (Wildman–Crippen LogP) is -0.935. The number of nitrogens with one attached hydrogen (secondary N) is 2. The summed E-state index contributed by atoms with van der Waals surface area (Å²) >= 11 is 0. The van der Waals surface area contributed by atoms with E-state index in [-0.39, 0.29) is 5.92 Å². The molecule has 2 atom stereocenters. The van der Waals surface area contributed by atoms with Gasteiger partial charge in [0, 0.05) is 0 Å². The standard InChI is InChI=1S/C11H21N3O4/c1-6(2)4-8(14-10(17)7(3)12)11(18)13-5-9(15)16/h6-8H,4-5,12H2,1-3H3,(H,13,18)(H,14,17)(H,15,16)/t7?,8-/m0/s1. The van der Waals surface area contributed by atoms with E-state index < -0.39 is 36.4 Å². The average Bonchev–Trinajstić information content (AvgIpc) is 2.23. The summed E-state index contributed by atoms with van der Waals surface area (Å²) in [5.74, 6) is -1.91. The molecule has 7 nitrogen and oxygen atoms in total. The summed E-state index contributed by atoms with van der Waals surface area (Å²) in [5, 5.41) is 13.2. The molecule has 0 aromatic heterocycles. The number of carbonyl (C=O) groups excluding carboxylic acids is 2. The fourth-order valence-electron chi connectivity index (χ4n) is 1.29. The van der Waals surface area contributed by atoms with Crippen molar-refractivity contribution in [1.29, 1.82) is 0 Å². The number of carboxylic acid groups (broad SMARTS) is 1. The Balaban J connectivity index is 4.51. The fraction of sp³-hybridized carbons (Fsp3) is 0.727. The second-order valence-electron chi connectivity index (χ2n) is 4.59. The Kier molecular flexibility index (Phi) is 6.96. The predicted molar refractivity (Wildman–Crippen MR) is 65.7 cm³/mol. The Bertz CT molecular complexity index is 315. The van der Waals surface area contributed by atoms with Crippen LogP contribution in [0.15, 0.2) is 0 Å². The minimum Gasteiger partial charge on any atom is -0.480 e. The van der Waals surface area contributed by atoms with Gasteiger partial charge in [0.25, 0.3) is 0 Å². The molecule has 5 N–H and O–H groups in total. The van der Waals surface area contributed by atoms with Crippen LogP contribution in [-0.4, -0.2) is 41.5 Å². The van der Waals surface area contributed by atoms with Crippen LogP contribution in [0.25, 0.3) is 0 Å². The van der Waals surface area contributed by atoms with Crippen LogP contribution in [0.3, 0.4) is 0 Å². The van der Waals surface area contributed by atoms with Gasteiger partial charge in [-0.2, -0.15) is 0 Å². The number of hydrogen-bond donors (Lipinski definition) is 4. The molecule has 0 aromatic rings. The van der Waals surface area contributed by atoms with Gasteiger partial charge in [-0.15, -0.1) is 0 Å². The number of carbonyl (C=O) groups is 3. The van der Waals surface area contributed by atoms with Crippen LogP contribution in [-0.2, 0) is 14.4 Å². The van der Waals surface area contributed by atoms with Gasteiger partial charge in [-0.1, -0.05) is 13.8 Å². The van der Waals surface area contributed by atoms with E-state index in [4.69, 9.17) is 10.8 Å². The number of aliphatic carboxylic acids is 1. The van der Waals surface area contributed by atoms with E-state index in [1.165, 1.54) is 6.92 Å². The zero-order valence-corrected chi connectivity index (χ0v) is 10.9. The van der Waals surface area contributed by atoms with E-state index in [9.17, 15) is 14.4 Å². The molecule has 0 saturated carbocycles. The molecule has 0 spiro atoms. The van der Waals surface area contributed by atoms with Crippen molar-refractivity contribution in [3.05, 3.63) is 0 Å². The maximum Gasteiger partial charge on any atom is 0.322 e. The monoisotopic (exact) mass is 259 g/mol. The SMILES string of the molecule is CC(C)C[C@H](NC(=O)C(C)N)C(=O)NCC(=O)O. The van der Waals surface area contributed by atoms with E-state index >= 15 is 0 Å². The summed E-state index contributed by atoms with van der Waals surface area (Å²) in [5.41, 5.74) is 5.40. The Morgan fingerprint density at radius 1 is 1.17 bits per heavy atom. The lowest BCUT2D eigenvalue weighted by Crippen LogP contribution is -2.52. The van der Waals surface area contributed by atoms with Gasteiger partial charge in [-0.05, 0) is 19.3 Å². The van der Waals surface area contributed by atoms with E-state index in [1.54, 1.807) is 0 Å². The zero-order valence-electron chi connectivity index (χ0n) is 10.9. The first-order valence-corrected chi connectivity index (χ1v) is 5.79. The molecule has 0 aromatic carbocycles. The van der Waals surface area contributed by atoms with Crippen LogP contribution >= 0.6 is 0 Å². The van der Waals surface area contributed by atoms with Crippen LogP contribution in [0.2, 0.25) is 0 Å². The maximum atomic E-state index is 11.7. The van der Waals surface area contributed by atoms with Crippen LogP contribution < -0.4 is 16.4 Å². The van der Waals surface area contributed by atoms with Gasteiger partial charge in [0.05, 0.1) is 6.04 Å². The summed E-state index contributed by atoms with van der Waals surface area (Å²) in [4.78, 5) is 33.5. The van der Waals surface area contributed by atoms with Crippen LogP contribution in [0.1, 0.15) is 27.2 Å². The van der Waals surface area contributed by atoms with Crippen molar-refractivity contribution in [2.45, 2.75) is 39.3 Å². The first-order chi connectivity index (χ1) is 8.23. The van der Waals surface area contributed by atoms with Crippen LogP contribution in [0.4, 0.5) is 0 Å². The number of rotatable bonds is 7. The summed E-state index contributed by atoms with van der Waals surface area (Å²) in [7, 11) is 0. The van der Waals surface area contributed by atoms with Crippen molar-refractivity contribution in [3.63, 3.8) is 0 Å². The largest absolute Gasteiger partial charge is 0.480 e. The molecule has 7 heteroatoms. The zero-order chi connectivity index (χ0) is 14.3. The molecular weight excluding hydrogens is 238 g/mol. The molecule has 0 fully saturated rings. The summed E-state index contributed by atoms with van der Waals surface area (Å²) in [6.07, 6.45) is 0.421. The molecule has 18 heavy (non-hydrogen) atoms. The molecule has 0 aliphatic rings. The average molecular weight is 259 g/mol. The Hall–Kier alpha value is -1.63. The van der Waals surface area contributed by atoms with Crippen molar-refractivity contribution in [2.24, 2.45) is 11.7 Å². The van der Waals surface area contributed by atoms with Gasteiger partial charge >= 0.3 is 5.97 Å². The third-order valence-corrected chi connectivity index (χ3v) is 2.17. The maximum absolute atomic E-state index is 11.7. The van der Waals surface area contributed by atoms with Gasteiger partial charge in [0.2, 0.25) is 11.8 Å². The quantitative estimate of drug-likeness (QED) is 0.470. The molecule has 104 valence electrons. The fourth-order valence-corrected chi connectivity index (χ4v) is 1.29. The van der Waals surface area contributed by atoms with Crippen molar-refractivity contribution in [1.82, 2.24) is 10.6 Å². The third-order valence-electron chi connectivity index (χ3n) is 2.17. The van der Waals surface area contributed by atoms with Gasteiger partial charge < -0.3 is 21.5 Å². The van der Waals surface area contributed by atoms with Crippen LogP contribution in [0.5, 0.6) is 0 Å². The third kappa shape index (κ3) is 6.85. The number of hydrogen-bond acceptors (Lipinski definition) is 4. The van der Waals surface area contributed by atoms with Gasteiger partial charge in [0.1, 0.15) is 12.6 Å². The Morgan fingerprint density at radius 3 is 2.11 bits per heavy atom. The first-order valence-electron chi connectivity index (χ1n) is 5.79. The molecule has 0 heterocycles. The summed E-state index contributed by atoms with van der Waals surface area (Å²) in [6, 6.07) is -1.48. The number of amides is 2. The lowest BCUT2D eigenvalue weighted by molar-refractivity contribution is -0.138. The van der Waals surface area contributed by atoms with Crippen molar-refractivity contribution >= 4 is 17.8 Å². The molecule has 0 saturated heterocycles. The van der Waals surface area contributed by atoms with E-state index in [2.05, 4.69) is 10.6 Å². The lowest BCUT2D eigenvalue weighted by Gasteiger charge is -2.20. The first kappa shape index (κ1) is 16.4. The normalized spacial score (nSPS) is 13.8. The van der Waals surface area contributed by atoms with Crippen molar-refractivity contribution in [3.8, 4) is 0 Å². The van der Waals surface area contributed by atoms with E-state index in [1.807, 2.05) is 13.8 Å². The molecule has 0 rings (SSSR count). The van der Waals surface area contributed by atoms with Crippen molar-refractivity contribution in [2.75, 3.05) is 6.54 Å². The highest BCUT2D eigenvalue weighted by Crippen LogP contribution is 2.05. The molecule has 2 amide bonds. The molecular formula is C11H21N3O4. The minimum atomic E-state index is -1.13. The number of nitrogens with two attached hydrogens (primary N) is 1. The molecule has 0 bridgehead atoms. The topological polar surface area (TPSA) is 122 Å². The second-order valence-corrected chi connectivity index (χ2v) is 4.59. The van der Waals surface area contributed by atoms with Gasteiger partial charge in [0.15, 0.2) is 0 Å². The highest BCUT2D eigenvalue weighted by atomic mass is 16.4.